The summed E-state index contributed by atoms with van der Waals surface area (Å²) in [6, 6.07) is 0. The van der Waals surface area contributed by atoms with Crippen molar-refractivity contribution in [1.29, 1.82) is 0 Å². The molecule has 0 rings (SSSR count). The minimum absolute atomic E-state index is 0.509. The first kappa shape index (κ1) is 17.6. The molecule has 2 unspecified atom stereocenters. The van der Waals surface area contributed by atoms with E-state index < -0.39 is 28.3 Å². The molecule has 8 heteroatoms. The van der Waals surface area contributed by atoms with Crippen LogP contribution in [0.5, 0.6) is 0 Å². The predicted octanol–water partition coefficient (Wildman–Crippen LogP) is 0.529. The molecule has 0 heterocycles. The molecule has 2 atom stereocenters. The van der Waals surface area contributed by atoms with Crippen molar-refractivity contribution in [2.75, 3.05) is 0 Å². The van der Waals surface area contributed by atoms with Crippen molar-refractivity contribution in [2.24, 2.45) is 0 Å². The Balaban J connectivity index is 2.98. The Morgan fingerprint density at radius 3 is 1.44 bits per heavy atom. The van der Waals surface area contributed by atoms with Gasteiger partial charge in [0.05, 0.1) is 0 Å². The van der Waals surface area contributed by atoms with E-state index in [4.69, 9.17) is 8.38 Å². The van der Waals surface area contributed by atoms with Gasteiger partial charge in [0.25, 0.3) is 0 Å². The van der Waals surface area contributed by atoms with Gasteiger partial charge in [-0.05, 0) is 0 Å². The molecule has 0 aromatic carbocycles. The van der Waals surface area contributed by atoms with Crippen LogP contribution in [0.3, 0.4) is 0 Å². The number of hydrogen-bond donors (Lipinski definition) is 2. The van der Waals surface area contributed by atoms with Crippen LogP contribution in [-0.2, 0) is 7.67 Å². The molecular weight excluding hydrogens is 476 g/mol. The van der Waals surface area contributed by atoms with Crippen molar-refractivity contribution in [3.8, 4) is 0 Å². The van der Waals surface area contributed by atoms with Gasteiger partial charge in [-0.25, -0.2) is 0 Å². The second kappa shape index (κ2) is 13.0. The summed E-state index contributed by atoms with van der Waals surface area (Å²) in [6.45, 7) is 0. The summed E-state index contributed by atoms with van der Waals surface area (Å²) >= 11 is -3.42. The Labute approximate surface area is 117 Å². The first-order chi connectivity index (χ1) is 7.63. The van der Waals surface area contributed by atoms with Crippen LogP contribution in [0.2, 0.25) is 21.3 Å². The zero-order valence-electron chi connectivity index (χ0n) is 9.00. The van der Waals surface area contributed by atoms with E-state index >= 15 is 0 Å². The summed E-state index contributed by atoms with van der Waals surface area (Å²) in [7, 11) is 0. The first-order valence-electron chi connectivity index (χ1n) is 5.02. The van der Waals surface area contributed by atoms with Gasteiger partial charge in [-0.3, -0.25) is 0 Å². The molecule has 0 aliphatic heterocycles. The van der Waals surface area contributed by atoms with Crippen molar-refractivity contribution in [3.63, 3.8) is 0 Å². The standard InChI is InChI=1S/C8H18O4Se4/c9-15(10)7-3-1-5-13-14-6-2-4-8-16(11)12/h1-8H2,(H,9,10)(H,11,12). The molecule has 0 aliphatic carbocycles. The summed E-state index contributed by atoms with van der Waals surface area (Å²) in [5, 5.41) is 3.47. The molecular formula is C8H18O4Se4. The fourth-order valence-corrected chi connectivity index (χ4v) is 9.77. The molecule has 2 N–H and O–H groups in total. The molecule has 0 radical (unpaired) electrons. The van der Waals surface area contributed by atoms with Crippen LogP contribution in [-0.4, -0.2) is 63.0 Å². The monoisotopic (exact) mass is 498 g/mol. The van der Waals surface area contributed by atoms with Crippen LogP contribution >= 0.6 is 0 Å². The molecule has 0 bridgehead atoms. The van der Waals surface area contributed by atoms with Crippen molar-refractivity contribution < 1.29 is 16.0 Å². The maximum absolute atomic E-state index is 10.4. The van der Waals surface area contributed by atoms with Gasteiger partial charge in [-0.1, -0.05) is 0 Å². The summed E-state index contributed by atoms with van der Waals surface area (Å²) < 4.78 is 38.1. The molecule has 0 saturated heterocycles. The van der Waals surface area contributed by atoms with Gasteiger partial charge in [0.2, 0.25) is 0 Å². The fourth-order valence-electron chi connectivity index (χ4n) is 0.891. The van der Waals surface area contributed by atoms with Gasteiger partial charge in [0, 0.05) is 0 Å². The zero-order valence-corrected chi connectivity index (χ0v) is 15.9. The van der Waals surface area contributed by atoms with Crippen LogP contribution in [0.15, 0.2) is 0 Å². The van der Waals surface area contributed by atoms with E-state index in [1.54, 1.807) is 0 Å². The maximum atomic E-state index is 10.4. The average molecular weight is 494 g/mol. The van der Waals surface area contributed by atoms with E-state index in [0.717, 1.165) is 25.7 Å². The van der Waals surface area contributed by atoms with Crippen molar-refractivity contribution >= 4 is 54.6 Å². The van der Waals surface area contributed by atoms with E-state index in [1.807, 2.05) is 0 Å². The van der Waals surface area contributed by atoms with Crippen molar-refractivity contribution in [2.45, 2.75) is 47.0 Å². The van der Waals surface area contributed by atoms with E-state index in [2.05, 4.69) is 0 Å². The van der Waals surface area contributed by atoms with Gasteiger partial charge in [0.15, 0.2) is 0 Å². The SMILES string of the molecule is O=[Se](O)CCCC[Se][Se]CCCC[Se](=O)O. The molecule has 0 fully saturated rings. The Bertz CT molecular complexity index is 190. The van der Waals surface area contributed by atoms with Crippen LogP contribution in [0.25, 0.3) is 0 Å². The molecule has 0 aromatic rings. The van der Waals surface area contributed by atoms with E-state index in [9.17, 15) is 7.67 Å². The van der Waals surface area contributed by atoms with E-state index in [0.29, 0.717) is 36.9 Å². The first-order valence-corrected chi connectivity index (χ1v) is 17.1. The Morgan fingerprint density at radius 1 is 0.750 bits per heavy atom. The topological polar surface area (TPSA) is 74.6 Å². The molecule has 0 spiro atoms. The summed E-state index contributed by atoms with van der Waals surface area (Å²) in [5.74, 6) is 0. The third-order valence-electron chi connectivity index (χ3n) is 1.68. The molecule has 98 valence electrons. The zero-order chi connectivity index (χ0) is 12.2. The number of rotatable bonds is 11. The minimum atomic E-state index is -2.43. The molecule has 16 heavy (non-hydrogen) atoms. The average Bonchev–Trinajstić information content (AvgIpc) is 2.20. The summed E-state index contributed by atoms with van der Waals surface area (Å²) in [6.07, 6.45) is 3.98. The van der Waals surface area contributed by atoms with Crippen molar-refractivity contribution in [3.05, 3.63) is 0 Å². The Kier molecular flexibility index (Phi) is 14.3. The third-order valence-corrected chi connectivity index (χ3v) is 12.1. The van der Waals surface area contributed by atoms with Gasteiger partial charge in [0.1, 0.15) is 0 Å². The molecule has 0 aromatic heterocycles. The number of hydrogen-bond acceptors (Lipinski definition) is 2. The number of unbranched alkanes of at least 4 members (excludes halogenated alkanes) is 2. The fraction of sp³-hybridized carbons (Fsp3) is 1.00. The normalized spacial score (nSPS) is 14.9. The van der Waals surface area contributed by atoms with E-state index in [1.165, 1.54) is 10.6 Å². The molecule has 0 saturated carbocycles. The van der Waals surface area contributed by atoms with Crippen LogP contribution < -0.4 is 0 Å². The van der Waals surface area contributed by atoms with Crippen molar-refractivity contribution in [1.82, 2.24) is 0 Å². The second-order valence-corrected chi connectivity index (χ2v) is 15.4. The van der Waals surface area contributed by atoms with Crippen LogP contribution in [0.4, 0.5) is 0 Å². The summed E-state index contributed by atoms with van der Waals surface area (Å²) in [4.78, 5) is 0. The summed E-state index contributed by atoms with van der Waals surface area (Å²) in [5.41, 5.74) is 0. The second-order valence-electron chi connectivity index (χ2n) is 3.11. The predicted molar refractivity (Wildman–Crippen MR) is 66.5 cm³/mol. The van der Waals surface area contributed by atoms with Gasteiger partial charge in [-0.15, -0.1) is 0 Å². The molecule has 0 aliphatic rings. The Hall–Kier alpha value is 1.60. The van der Waals surface area contributed by atoms with Gasteiger partial charge in [-0.2, -0.15) is 0 Å². The van der Waals surface area contributed by atoms with Gasteiger partial charge < -0.3 is 0 Å². The van der Waals surface area contributed by atoms with Crippen LogP contribution in [0, 0.1) is 0 Å². The third kappa shape index (κ3) is 15.6. The molecule has 0 amide bonds. The van der Waals surface area contributed by atoms with Crippen LogP contribution in [0.1, 0.15) is 25.7 Å². The Morgan fingerprint density at radius 2 is 1.12 bits per heavy atom. The quantitative estimate of drug-likeness (QED) is 0.325. The van der Waals surface area contributed by atoms with Gasteiger partial charge >= 0.3 is 118 Å². The van der Waals surface area contributed by atoms with E-state index in [-0.39, 0.29) is 0 Å². The molecule has 4 nitrogen and oxygen atoms in total.